The number of fused-ring (bicyclic) bond motifs is 1. The Bertz CT molecular complexity index is 591. The maximum absolute atomic E-state index is 10.9. The summed E-state index contributed by atoms with van der Waals surface area (Å²) in [6, 6.07) is 6.11. The third kappa shape index (κ3) is 9.96. The Hall–Kier alpha value is -1.77. The Morgan fingerprint density at radius 2 is 1.39 bits per heavy atom. The lowest BCUT2D eigenvalue weighted by molar-refractivity contribution is -0.117. The Labute approximate surface area is 171 Å². The molecule has 0 saturated carbocycles. The maximum Gasteiger partial charge on any atom is 0.231 e. The van der Waals surface area contributed by atoms with Crippen molar-refractivity contribution in [3.05, 3.63) is 29.8 Å². The van der Waals surface area contributed by atoms with Gasteiger partial charge in [-0.1, -0.05) is 82.4 Å². The minimum atomic E-state index is 0.334. The van der Waals surface area contributed by atoms with Crippen LogP contribution in [-0.2, 0) is 4.79 Å². The second kappa shape index (κ2) is 14.3. The van der Waals surface area contributed by atoms with Gasteiger partial charge in [0.25, 0.3) is 0 Å². The molecule has 1 aliphatic heterocycles. The molecule has 1 aromatic carbocycles. The van der Waals surface area contributed by atoms with Gasteiger partial charge < -0.3 is 14.3 Å². The standard InChI is InChI=1S/C25H38O3/c1-22(26)16-14-12-10-8-6-4-2-3-5-7-9-11-13-15-17-23-18-19-24-25(20-23)28-21-27-24/h15,17-20H,2-14,16,21H2,1H3. The van der Waals surface area contributed by atoms with Crippen LogP contribution in [0.3, 0.4) is 0 Å². The molecule has 0 unspecified atom stereocenters. The molecule has 1 heterocycles. The summed E-state index contributed by atoms with van der Waals surface area (Å²) >= 11 is 0. The van der Waals surface area contributed by atoms with E-state index in [1.165, 1.54) is 76.2 Å². The fourth-order valence-corrected chi connectivity index (χ4v) is 3.64. The summed E-state index contributed by atoms with van der Waals surface area (Å²) in [5.41, 5.74) is 1.18. The first-order valence-corrected chi connectivity index (χ1v) is 11.3. The van der Waals surface area contributed by atoms with E-state index in [9.17, 15) is 4.79 Å². The molecule has 0 bridgehead atoms. The van der Waals surface area contributed by atoms with Crippen molar-refractivity contribution in [2.45, 2.75) is 96.8 Å². The summed E-state index contributed by atoms with van der Waals surface area (Å²) in [4.78, 5) is 10.9. The summed E-state index contributed by atoms with van der Waals surface area (Å²) in [7, 11) is 0. The quantitative estimate of drug-likeness (QED) is 0.276. The molecule has 1 aliphatic rings. The van der Waals surface area contributed by atoms with Crippen LogP contribution in [0.4, 0.5) is 0 Å². The number of rotatable bonds is 16. The number of unbranched alkanes of at least 4 members (excludes halogenated alkanes) is 12. The van der Waals surface area contributed by atoms with Gasteiger partial charge in [-0.25, -0.2) is 0 Å². The number of allylic oxidation sites excluding steroid dienone is 1. The van der Waals surface area contributed by atoms with E-state index < -0.39 is 0 Å². The Balaban J connectivity index is 1.34. The van der Waals surface area contributed by atoms with Gasteiger partial charge in [0.1, 0.15) is 5.78 Å². The van der Waals surface area contributed by atoms with Gasteiger partial charge in [-0.3, -0.25) is 0 Å². The molecular weight excluding hydrogens is 348 g/mol. The summed E-state index contributed by atoms with van der Waals surface area (Å²) in [5.74, 6) is 2.04. The molecule has 0 radical (unpaired) electrons. The minimum absolute atomic E-state index is 0.334. The van der Waals surface area contributed by atoms with Crippen molar-refractivity contribution in [2.75, 3.05) is 6.79 Å². The first kappa shape index (κ1) is 22.5. The topological polar surface area (TPSA) is 35.5 Å². The van der Waals surface area contributed by atoms with Crippen molar-refractivity contribution in [3.8, 4) is 11.5 Å². The first-order chi connectivity index (χ1) is 13.8. The lowest BCUT2D eigenvalue weighted by atomic mass is 10.0. The van der Waals surface area contributed by atoms with E-state index in [2.05, 4.69) is 18.2 Å². The summed E-state index contributed by atoms with van der Waals surface area (Å²) < 4.78 is 10.7. The monoisotopic (exact) mass is 386 g/mol. The van der Waals surface area contributed by atoms with Crippen molar-refractivity contribution in [2.24, 2.45) is 0 Å². The molecular formula is C25H38O3. The Kier molecular flexibility index (Phi) is 11.5. The zero-order valence-electron chi connectivity index (χ0n) is 17.7. The van der Waals surface area contributed by atoms with Crippen LogP contribution < -0.4 is 9.47 Å². The van der Waals surface area contributed by atoms with Gasteiger partial charge >= 0.3 is 0 Å². The van der Waals surface area contributed by atoms with Gasteiger partial charge in [0, 0.05) is 6.42 Å². The number of hydrogen-bond donors (Lipinski definition) is 0. The van der Waals surface area contributed by atoms with E-state index in [0.29, 0.717) is 12.6 Å². The molecule has 0 spiro atoms. The highest BCUT2D eigenvalue weighted by atomic mass is 16.7. The summed E-state index contributed by atoms with van der Waals surface area (Å²) in [6.45, 7) is 2.03. The highest BCUT2D eigenvalue weighted by Crippen LogP contribution is 2.32. The van der Waals surface area contributed by atoms with Gasteiger partial charge in [-0.05, 0) is 43.9 Å². The van der Waals surface area contributed by atoms with Crippen molar-refractivity contribution in [1.29, 1.82) is 0 Å². The van der Waals surface area contributed by atoms with Crippen molar-refractivity contribution in [3.63, 3.8) is 0 Å². The maximum atomic E-state index is 10.9. The smallest absolute Gasteiger partial charge is 0.231 e. The molecule has 0 atom stereocenters. The average Bonchev–Trinajstić information content (AvgIpc) is 3.15. The van der Waals surface area contributed by atoms with Crippen LogP contribution in [0.1, 0.15) is 102 Å². The van der Waals surface area contributed by atoms with Crippen LogP contribution in [0, 0.1) is 0 Å². The molecule has 2 rings (SSSR count). The van der Waals surface area contributed by atoms with E-state index in [4.69, 9.17) is 9.47 Å². The van der Waals surface area contributed by atoms with Crippen molar-refractivity contribution >= 4 is 11.9 Å². The molecule has 3 heteroatoms. The highest BCUT2D eigenvalue weighted by molar-refractivity contribution is 5.75. The van der Waals surface area contributed by atoms with Crippen LogP contribution >= 0.6 is 0 Å². The summed E-state index contributed by atoms with van der Waals surface area (Å²) in [6.07, 6.45) is 22.2. The van der Waals surface area contributed by atoms with Crippen LogP contribution in [0.25, 0.3) is 6.08 Å². The SMILES string of the molecule is CC(=O)CCCCCCCCCCCCCCC=Cc1ccc2c(c1)OCO2. The average molecular weight is 387 g/mol. The van der Waals surface area contributed by atoms with Gasteiger partial charge in [-0.15, -0.1) is 0 Å². The van der Waals surface area contributed by atoms with E-state index in [0.717, 1.165) is 30.8 Å². The number of carbonyl (C=O) groups is 1. The molecule has 28 heavy (non-hydrogen) atoms. The highest BCUT2D eigenvalue weighted by Gasteiger charge is 2.11. The largest absolute Gasteiger partial charge is 0.454 e. The third-order valence-corrected chi connectivity index (χ3v) is 5.36. The zero-order valence-corrected chi connectivity index (χ0v) is 17.7. The first-order valence-electron chi connectivity index (χ1n) is 11.3. The number of carbonyl (C=O) groups excluding carboxylic acids is 1. The second-order valence-corrected chi connectivity index (χ2v) is 8.00. The van der Waals surface area contributed by atoms with Gasteiger partial charge in [0.15, 0.2) is 11.5 Å². The number of hydrogen-bond acceptors (Lipinski definition) is 3. The molecule has 0 fully saturated rings. The van der Waals surface area contributed by atoms with Gasteiger partial charge in [0.05, 0.1) is 0 Å². The molecule has 0 saturated heterocycles. The molecule has 0 N–H and O–H groups in total. The van der Waals surface area contributed by atoms with Gasteiger partial charge in [-0.2, -0.15) is 0 Å². The predicted octanol–water partition coefficient (Wildman–Crippen LogP) is 7.48. The molecule has 0 aromatic heterocycles. The van der Waals surface area contributed by atoms with E-state index in [1.54, 1.807) is 6.92 Å². The molecule has 0 aliphatic carbocycles. The van der Waals surface area contributed by atoms with Crippen LogP contribution in [0.2, 0.25) is 0 Å². The zero-order chi connectivity index (χ0) is 19.9. The molecule has 1 aromatic rings. The lowest BCUT2D eigenvalue weighted by Gasteiger charge is -2.02. The van der Waals surface area contributed by atoms with Crippen molar-refractivity contribution in [1.82, 2.24) is 0 Å². The number of ether oxygens (including phenoxy) is 2. The van der Waals surface area contributed by atoms with Crippen LogP contribution in [0.15, 0.2) is 24.3 Å². The fourth-order valence-electron chi connectivity index (χ4n) is 3.64. The minimum Gasteiger partial charge on any atom is -0.454 e. The normalized spacial score (nSPS) is 12.8. The molecule has 3 nitrogen and oxygen atoms in total. The number of ketones is 1. The summed E-state index contributed by atoms with van der Waals surface area (Å²) in [5, 5.41) is 0. The predicted molar refractivity (Wildman–Crippen MR) is 117 cm³/mol. The lowest BCUT2D eigenvalue weighted by Crippen LogP contribution is -1.92. The molecule has 0 amide bonds. The van der Waals surface area contributed by atoms with Crippen LogP contribution in [-0.4, -0.2) is 12.6 Å². The van der Waals surface area contributed by atoms with Crippen LogP contribution in [0.5, 0.6) is 11.5 Å². The van der Waals surface area contributed by atoms with Crippen molar-refractivity contribution < 1.29 is 14.3 Å². The second-order valence-electron chi connectivity index (χ2n) is 8.00. The Morgan fingerprint density at radius 1 is 0.821 bits per heavy atom. The van der Waals surface area contributed by atoms with Gasteiger partial charge in [0.2, 0.25) is 6.79 Å². The van der Waals surface area contributed by atoms with E-state index >= 15 is 0 Å². The van der Waals surface area contributed by atoms with E-state index in [-0.39, 0.29) is 0 Å². The molecule has 156 valence electrons. The fraction of sp³-hybridized carbons (Fsp3) is 0.640. The number of benzene rings is 1. The van der Waals surface area contributed by atoms with E-state index in [1.807, 2.05) is 12.1 Å². The Morgan fingerprint density at radius 3 is 2.04 bits per heavy atom. The third-order valence-electron chi connectivity index (χ3n) is 5.36. The number of Topliss-reactive ketones (excluding diaryl/α,β-unsaturated/α-hetero) is 1.